The van der Waals surface area contributed by atoms with Crippen LogP contribution in [0.4, 0.5) is 0 Å². The van der Waals surface area contributed by atoms with Crippen molar-refractivity contribution >= 4 is 23.1 Å². The number of thioether (sulfide) groups is 1. The number of hydrogen-bond acceptors (Lipinski definition) is 4. The molecule has 0 saturated carbocycles. The lowest BCUT2D eigenvalue weighted by Gasteiger charge is -2.18. The monoisotopic (exact) mass is 306 g/mol. The Labute approximate surface area is 130 Å². The Kier molecular flexibility index (Phi) is 5.64. The lowest BCUT2D eigenvalue weighted by molar-refractivity contribution is 0.605. The molecule has 1 aromatic carbocycles. The van der Waals surface area contributed by atoms with Gasteiger partial charge in [-0.1, -0.05) is 36.9 Å². The van der Waals surface area contributed by atoms with E-state index < -0.39 is 0 Å². The second kappa shape index (κ2) is 7.25. The Morgan fingerprint density at radius 2 is 2.05 bits per heavy atom. The minimum Gasteiger partial charge on any atom is -0.309 e. The maximum absolute atomic E-state index is 4.52. The number of thiazole rings is 1. The van der Waals surface area contributed by atoms with Crippen LogP contribution in [0.2, 0.25) is 0 Å². The van der Waals surface area contributed by atoms with Gasteiger partial charge in [0.2, 0.25) is 0 Å². The number of nitrogens with zero attached hydrogens (tertiary/aromatic N) is 1. The number of benzene rings is 1. The lowest BCUT2D eigenvalue weighted by Crippen LogP contribution is -2.23. The van der Waals surface area contributed by atoms with Gasteiger partial charge >= 0.3 is 0 Å². The Balaban J connectivity index is 2.07. The van der Waals surface area contributed by atoms with Crippen molar-refractivity contribution in [1.82, 2.24) is 10.3 Å². The lowest BCUT2D eigenvalue weighted by atomic mass is 10.0. The molecule has 2 rings (SSSR count). The second-order valence-corrected chi connectivity index (χ2v) is 7.14. The van der Waals surface area contributed by atoms with Crippen LogP contribution in [0.3, 0.4) is 0 Å². The fourth-order valence-electron chi connectivity index (χ4n) is 2.05. The van der Waals surface area contributed by atoms with Crippen LogP contribution in [0.25, 0.3) is 0 Å². The van der Waals surface area contributed by atoms with Gasteiger partial charge in [0.05, 0.1) is 0 Å². The third-order valence-corrected chi connectivity index (χ3v) is 5.59. The highest BCUT2D eigenvalue weighted by Crippen LogP contribution is 2.28. The van der Waals surface area contributed by atoms with Gasteiger partial charge < -0.3 is 5.32 Å². The van der Waals surface area contributed by atoms with Crippen LogP contribution in [0.1, 0.15) is 35.3 Å². The fraction of sp³-hybridized carbons (Fsp3) is 0.438. The third kappa shape index (κ3) is 4.08. The largest absolute Gasteiger partial charge is 0.309 e. The quantitative estimate of drug-likeness (QED) is 0.795. The summed E-state index contributed by atoms with van der Waals surface area (Å²) in [7, 11) is 0. The van der Waals surface area contributed by atoms with E-state index in [2.05, 4.69) is 54.7 Å². The van der Waals surface area contributed by atoms with Gasteiger partial charge in [-0.15, -0.1) is 11.3 Å². The molecule has 1 aromatic heterocycles. The predicted molar refractivity (Wildman–Crippen MR) is 89.9 cm³/mol. The van der Waals surface area contributed by atoms with Gasteiger partial charge in [-0.3, -0.25) is 0 Å². The summed E-state index contributed by atoms with van der Waals surface area (Å²) in [6.45, 7) is 9.53. The first-order valence-electron chi connectivity index (χ1n) is 6.95. The summed E-state index contributed by atoms with van der Waals surface area (Å²) in [5.41, 5.74) is 5.20. The van der Waals surface area contributed by atoms with Crippen LogP contribution >= 0.6 is 23.1 Å². The Bertz CT molecular complexity index is 563. The van der Waals surface area contributed by atoms with Gasteiger partial charge in [-0.25, -0.2) is 4.98 Å². The maximum Gasteiger partial charge on any atom is 0.150 e. The van der Waals surface area contributed by atoms with E-state index in [1.165, 1.54) is 16.7 Å². The number of rotatable bonds is 6. The number of hydrogen-bond donors (Lipinski definition) is 1. The zero-order chi connectivity index (χ0) is 14.5. The van der Waals surface area contributed by atoms with Gasteiger partial charge in [-0.05, 0) is 44.0 Å². The van der Waals surface area contributed by atoms with Crippen LogP contribution in [-0.2, 0) is 0 Å². The molecule has 0 aliphatic carbocycles. The molecule has 1 heterocycles. The molecule has 0 aliphatic rings. The summed E-state index contributed by atoms with van der Waals surface area (Å²) in [6.07, 6.45) is 0. The summed E-state index contributed by atoms with van der Waals surface area (Å²) < 4.78 is 1.16. The molecule has 0 aliphatic heterocycles. The first kappa shape index (κ1) is 15.5. The molecule has 2 nitrogen and oxygen atoms in total. The van der Waals surface area contributed by atoms with E-state index in [1.807, 2.05) is 18.7 Å². The molecule has 2 aromatic rings. The molecule has 108 valence electrons. The van der Waals surface area contributed by atoms with Crippen LogP contribution in [0.5, 0.6) is 0 Å². The molecule has 1 unspecified atom stereocenters. The van der Waals surface area contributed by atoms with Gasteiger partial charge in [0, 0.05) is 22.9 Å². The van der Waals surface area contributed by atoms with Crippen molar-refractivity contribution in [2.24, 2.45) is 0 Å². The van der Waals surface area contributed by atoms with E-state index >= 15 is 0 Å². The molecule has 0 fully saturated rings. The molecule has 20 heavy (non-hydrogen) atoms. The molecule has 1 N–H and O–H groups in total. The van der Waals surface area contributed by atoms with Crippen molar-refractivity contribution in [3.8, 4) is 0 Å². The standard InChI is InChI=1S/C16H22N2S2/c1-5-17-15(10-20-16-18-13(4)9-19-16)14-7-6-11(2)12(3)8-14/h6-9,15,17H,5,10H2,1-4H3. The van der Waals surface area contributed by atoms with Crippen molar-refractivity contribution in [1.29, 1.82) is 0 Å². The van der Waals surface area contributed by atoms with E-state index in [1.54, 1.807) is 11.3 Å². The molecule has 0 bridgehead atoms. The predicted octanol–water partition coefficient (Wildman–Crippen LogP) is 4.51. The van der Waals surface area contributed by atoms with Gasteiger partial charge in [-0.2, -0.15) is 0 Å². The highest BCUT2D eigenvalue weighted by Gasteiger charge is 2.12. The van der Waals surface area contributed by atoms with E-state index in [9.17, 15) is 0 Å². The van der Waals surface area contributed by atoms with Crippen molar-refractivity contribution in [2.45, 2.75) is 38.1 Å². The van der Waals surface area contributed by atoms with Gasteiger partial charge in [0.25, 0.3) is 0 Å². The van der Waals surface area contributed by atoms with E-state index in [0.29, 0.717) is 6.04 Å². The first-order valence-corrected chi connectivity index (χ1v) is 8.82. The molecular weight excluding hydrogens is 284 g/mol. The zero-order valence-corrected chi connectivity index (χ0v) is 14.2. The Hall–Kier alpha value is -0.840. The van der Waals surface area contributed by atoms with Crippen molar-refractivity contribution in [2.75, 3.05) is 12.3 Å². The summed E-state index contributed by atoms with van der Waals surface area (Å²) in [4.78, 5) is 4.52. The van der Waals surface area contributed by atoms with Crippen LogP contribution in [0, 0.1) is 20.8 Å². The summed E-state index contributed by atoms with van der Waals surface area (Å²) in [5, 5.41) is 5.69. The first-order chi connectivity index (χ1) is 9.60. The Morgan fingerprint density at radius 3 is 2.65 bits per heavy atom. The highest BCUT2D eigenvalue weighted by atomic mass is 32.2. The maximum atomic E-state index is 4.52. The average Bonchev–Trinajstić information content (AvgIpc) is 2.84. The molecule has 0 saturated heterocycles. The van der Waals surface area contributed by atoms with E-state index in [-0.39, 0.29) is 0 Å². The number of nitrogens with one attached hydrogen (secondary N) is 1. The van der Waals surface area contributed by atoms with E-state index in [4.69, 9.17) is 0 Å². The zero-order valence-electron chi connectivity index (χ0n) is 12.6. The topological polar surface area (TPSA) is 24.9 Å². The fourth-order valence-corrected chi connectivity index (χ4v) is 4.02. The molecule has 1 atom stereocenters. The minimum atomic E-state index is 0.383. The van der Waals surface area contributed by atoms with Crippen LogP contribution < -0.4 is 5.32 Å². The van der Waals surface area contributed by atoms with Gasteiger partial charge in [0.15, 0.2) is 0 Å². The third-order valence-electron chi connectivity index (χ3n) is 3.36. The summed E-state index contributed by atoms with van der Waals surface area (Å²) in [6, 6.07) is 7.14. The van der Waals surface area contributed by atoms with Gasteiger partial charge in [0.1, 0.15) is 4.34 Å². The summed E-state index contributed by atoms with van der Waals surface area (Å²) in [5.74, 6) is 1.02. The number of aromatic nitrogens is 1. The molecule has 4 heteroatoms. The Morgan fingerprint density at radius 1 is 1.25 bits per heavy atom. The SMILES string of the molecule is CCNC(CSc1nc(C)cs1)c1ccc(C)c(C)c1. The number of aryl methyl sites for hydroxylation is 3. The smallest absolute Gasteiger partial charge is 0.150 e. The van der Waals surface area contributed by atoms with Crippen molar-refractivity contribution in [3.05, 3.63) is 46.0 Å². The molecule has 0 spiro atoms. The normalized spacial score (nSPS) is 12.6. The second-order valence-electron chi connectivity index (χ2n) is 5.02. The molecule has 0 amide bonds. The van der Waals surface area contributed by atoms with Crippen molar-refractivity contribution in [3.63, 3.8) is 0 Å². The molecular formula is C16H22N2S2. The highest BCUT2D eigenvalue weighted by molar-refractivity contribution is 8.01. The van der Waals surface area contributed by atoms with Crippen LogP contribution in [-0.4, -0.2) is 17.3 Å². The van der Waals surface area contributed by atoms with E-state index in [0.717, 1.165) is 22.3 Å². The van der Waals surface area contributed by atoms with Crippen molar-refractivity contribution < 1.29 is 0 Å². The summed E-state index contributed by atoms with van der Waals surface area (Å²) >= 11 is 3.57. The average molecular weight is 307 g/mol. The van der Waals surface area contributed by atoms with Crippen LogP contribution in [0.15, 0.2) is 27.9 Å². The minimum absolute atomic E-state index is 0.383. The molecule has 0 radical (unpaired) electrons.